The minimum absolute atomic E-state index is 0.0694. The van der Waals surface area contributed by atoms with Gasteiger partial charge in [-0.05, 0) is 30.5 Å². The first-order valence-electron chi connectivity index (χ1n) is 7.80. The zero-order chi connectivity index (χ0) is 17.5. The van der Waals surface area contributed by atoms with Crippen LogP contribution in [-0.2, 0) is 4.79 Å². The lowest BCUT2D eigenvalue weighted by Gasteiger charge is -2.22. The van der Waals surface area contributed by atoms with E-state index >= 15 is 0 Å². The second-order valence-electron chi connectivity index (χ2n) is 5.67. The molecule has 0 bridgehead atoms. The lowest BCUT2D eigenvalue weighted by atomic mass is 9.95. The van der Waals surface area contributed by atoms with Crippen LogP contribution in [0.15, 0.2) is 23.8 Å². The lowest BCUT2D eigenvalue weighted by molar-refractivity contribution is -0.385. The van der Waals surface area contributed by atoms with Crippen molar-refractivity contribution in [2.75, 3.05) is 7.11 Å². The molecule has 0 aliphatic heterocycles. The van der Waals surface area contributed by atoms with E-state index < -0.39 is 10.8 Å². The smallest absolute Gasteiger partial charge is 0.311 e. The summed E-state index contributed by atoms with van der Waals surface area (Å²) in [5, 5.41) is 23.1. The first-order chi connectivity index (χ1) is 11.5. The van der Waals surface area contributed by atoms with Crippen molar-refractivity contribution in [1.29, 1.82) is 5.26 Å². The Morgan fingerprint density at radius 1 is 1.42 bits per heavy atom. The van der Waals surface area contributed by atoms with E-state index in [9.17, 15) is 20.2 Å². The van der Waals surface area contributed by atoms with Crippen molar-refractivity contribution in [3.05, 3.63) is 39.4 Å². The van der Waals surface area contributed by atoms with Gasteiger partial charge in [-0.25, -0.2) is 0 Å². The van der Waals surface area contributed by atoms with Crippen LogP contribution >= 0.6 is 0 Å². The highest BCUT2D eigenvalue weighted by Gasteiger charge is 2.19. The van der Waals surface area contributed by atoms with Gasteiger partial charge >= 0.3 is 5.69 Å². The molecule has 24 heavy (non-hydrogen) atoms. The monoisotopic (exact) mass is 329 g/mol. The topological polar surface area (TPSA) is 105 Å². The molecule has 0 radical (unpaired) electrons. The van der Waals surface area contributed by atoms with E-state index in [4.69, 9.17) is 4.74 Å². The molecule has 0 aromatic heterocycles. The van der Waals surface area contributed by atoms with Gasteiger partial charge in [-0.3, -0.25) is 14.9 Å². The van der Waals surface area contributed by atoms with Crippen LogP contribution in [0.4, 0.5) is 5.69 Å². The number of rotatable bonds is 5. The van der Waals surface area contributed by atoms with Crippen LogP contribution in [0.25, 0.3) is 6.08 Å². The molecule has 1 aromatic carbocycles. The van der Waals surface area contributed by atoms with Crippen molar-refractivity contribution < 1.29 is 14.5 Å². The van der Waals surface area contributed by atoms with E-state index in [2.05, 4.69) is 5.32 Å². The maximum atomic E-state index is 12.2. The highest BCUT2D eigenvalue weighted by Crippen LogP contribution is 2.28. The van der Waals surface area contributed by atoms with E-state index in [0.717, 1.165) is 25.7 Å². The number of ether oxygens (including phenoxy) is 1. The van der Waals surface area contributed by atoms with Gasteiger partial charge in [0, 0.05) is 12.1 Å². The third-order valence-corrected chi connectivity index (χ3v) is 4.02. The Bertz CT molecular complexity index is 700. The number of hydrogen-bond donors (Lipinski definition) is 1. The molecular weight excluding hydrogens is 310 g/mol. The van der Waals surface area contributed by atoms with Crippen molar-refractivity contribution in [3.63, 3.8) is 0 Å². The number of nitro benzene ring substituents is 1. The number of nitro groups is 1. The number of benzene rings is 1. The summed E-state index contributed by atoms with van der Waals surface area (Å²) in [5.74, 6) is -0.315. The summed E-state index contributed by atoms with van der Waals surface area (Å²) in [7, 11) is 1.34. The molecular formula is C17H19N3O4. The van der Waals surface area contributed by atoms with Crippen molar-refractivity contribution in [1.82, 2.24) is 5.32 Å². The number of nitrogens with zero attached hydrogens (tertiary/aromatic N) is 2. The van der Waals surface area contributed by atoms with Gasteiger partial charge in [-0.15, -0.1) is 0 Å². The van der Waals surface area contributed by atoms with Crippen molar-refractivity contribution >= 4 is 17.7 Å². The highest BCUT2D eigenvalue weighted by molar-refractivity contribution is 6.01. The number of carbonyl (C=O) groups excluding carboxylic acids is 1. The predicted molar refractivity (Wildman–Crippen MR) is 88.3 cm³/mol. The molecule has 0 spiro atoms. The average Bonchev–Trinajstić information content (AvgIpc) is 2.60. The van der Waals surface area contributed by atoms with E-state index in [-0.39, 0.29) is 23.1 Å². The Balaban J connectivity index is 2.20. The van der Waals surface area contributed by atoms with Crippen molar-refractivity contribution in [2.24, 2.45) is 0 Å². The van der Waals surface area contributed by atoms with E-state index in [0.29, 0.717) is 5.56 Å². The maximum Gasteiger partial charge on any atom is 0.311 e. The van der Waals surface area contributed by atoms with Crippen LogP contribution in [0.3, 0.4) is 0 Å². The summed E-state index contributed by atoms with van der Waals surface area (Å²) in [6, 6.07) is 6.25. The zero-order valence-corrected chi connectivity index (χ0v) is 13.4. The zero-order valence-electron chi connectivity index (χ0n) is 13.4. The van der Waals surface area contributed by atoms with Gasteiger partial charge in [-0.1, -0.05) is 25.3 Å². The maximum absolute atomic E-state index is 12.2. The standard InChI is InChI=1S/C17H19N3O4/c1-24-16-8-7-12(10-15(16)20(22)23)9-13(11-18)17(21)19-14-5-3-2-4-6-14/h7-10,14H,2-6H2,1H3,(H,19,21). The predicted octanol–water partition coefficient (Wildman–Crippen LogP) is 2.96. The lowest BCUT2D eigenvalue weighted by Crippen LogP contribution is -2.36. The van der Waals surface area contributed by atoms with E-state index in [1.807, 2.05) is 6.07 Å². The molecule has 7 nitrogen and oxygen atoms in total. The third-order valence-electron chi connectivity index (χ3n) is 4.02. The molecule has 1 aromatic rings. The van der Waals surface area contributed by atoms with Gasteiger partial charge in [0.15, 0.2) is 5.75 Å². The molecule has 1 N–H and O–H groups in total. The largest absolute Gasteiger partial charge is 0.490 e. The molecule has 1 saturated carbocycles. The van der Waals surface area contributed by atoms with Gasteiger partial charge in [0.25, 0.3) is 5.91 Å². The molecule has 1 aliphatic carbocycles. The van der Waals surface area contributed by atoms with E-state index in [1.165, 1.54) is 31.7 Å². The third kappa shape index (κ3) is 4.32. The van der Waals surface area contributed by atoms with Crippen LogP contribution in [0.5, 0.6) is 5.75 Å². The molecule has 1 amide bonds. The van der Waals surface area contributed by atoms with Gasteiger partial charge in [0.1, 0.15) is 11.6 Å². The Kier molecular flexibility index (Phi) is 5.90. The minimum atomic E-state index is -0.565. The quantitative estimate of drug-likeness (QED) is 0.387. The fourth-order valence-corrected chi connectivity index (χ4v) is 2.76. The molecule has 0 heterocycles. The number of nitriles is 1. The fourth-order valence-electron chi connectivity index (χ4n) is 2.76. The van der Waals surface area contributed by atoms with Crippen LogP contribution in [0.1, 0.15) is 37.7 Å². The Morgan fingerprint density at radius 3 is 2.71 bits per heavy atom. The molecule has 126 valence electrons. The number of carbonyl (C=O) groups is 1. The SMILES string of the molecule is COc1ccc(C=C(C#N)C(=O)NC2CCCCC2)cc1[N+](=O)[O-]. The van der Waals surface area contributed by atoms with E-state index in [1.54, 1.807) is 6.07 Å². The molecule has 0 saturated heterocycles. The molecule has 0 atom stereocenters. The minimum Gasteiger partial charge on any atom is -0.490 e. The van der Waals surface area contributed by atoms with Crippen LogP contribution in [0.2, 0.25) is 0 Å². The van der Waals surface area contributed by atoms with Crippen molar-refractivity contribution in [3.8, 4) is 11.8 Å². The summed E-state index contributed by atoms with van der Waals surface area (Å²) in [5.41, 5.74) is 0.120. The van der Waals surface area contributed by atoms with Crippen LogP contribution in [-0.4, -0.2) is 24.0 Å². The molecule has 1 fully saturated rings. The van der Waals surface area contributed by atoms with Crippen molar-refractivity contribution in [2.45, 2.75) is 38.1 Å². The summed E-state index contributed by atoms with van der Waals surface area (Å²) < 4.78 is 4.93. The van der Waals surface area contributed by atoms with Gasteiger partial charge in [0.2, 0.25) is 0 Å². The molecule has 2 rings (SSSR count). The summed E-state index contributed by atoms with van der Waals surface area (Å²) in [6.45, 7) is 0. The Morgan fingerprint density at radius 2 is 2.12 bits per heavy atom. The number of methoxy groups -OCH3 is 1. The number of hydrogen-bond acceptors (Lipinski definition) is 5. The second-order valence-corrected chi connectivity index (χ2v) is 5.67. The van der Waals surface area contributed by atoms with Crippen LogP contribution in [0, 0.1) is 21.4 Å². The fraction of sp³-hybridized carbons (Fsp3) is 0.412. The first-order valence-corrected chi connectivity index (χ1v) is 7.80. The van der Waals surface area contributed by atoms with Crippen LogP contribution < -0.4 is 10.1 Å². The summed E-state index contributed by atoms with van der Waals surface area (Å²) >= 11 is 0. The normalized spacial score (nSPS) is 15.4. The number of amides is 1. The molecule has 0 unspecified atom stereocenters. The highest BCUT2D eigenvalue weighted by atomic mass is 16.6. The number of nitrogens with one attached hydrogen (secondary N) is 1. The molecule has 7 heteroatoms. The summed E-state index contributed by atoms with van der Waals surface area (Å²) in [4.78, 5) is 22.7. The van der Waals surface area contributed by atoms with Gasteiger partial charge in [-0.2, -0.15) is 5.26 Å². The second kappa shape index (κ2) is 8.11. The van der Waals surface area contributed by atoms with Gasteiger partial charge in [0.05, 0.1) is 12.0 Å². The van der Waals surface area contributed by atoms with Gasteiger partial charge < -0.3 is 10.1 Å². The summed E-state index contributed by atoms with van der Waals surface area (Å²) in [6.07, 6.45) is 6.49. The average molecular weight is 329 g/mol. The Labute approximate surface area is 140 Å². The molecule has 1 aliphatic rings. The Hall–Kier alpha value is -2.88. The first kappa shape index (κ1) is 17.5.